The molecular formula is C19H21N3O4S. The van der Waals surface area contributed by atoms with E-state index < -0.39 is 10.0 Å². The van der Waals surface area contributed by atoms with E-state index >= 15 is 0 Å². The molecule has 0 fully saturated rings. The van der Waals surface area contributed by atoms with E-state index in [9.17, 15) is 18.0 Å². The number of hydrogen-bond acceptors (Lipinski definition) is 4. The van der Waals surface area contributed by atoms with Crippen LogP contribution < -0.4 is 14.9 Å². The van der Waals surface area contributed by atoms with Crippen molar-refractivity contribution in [2.24, 2.45) is 0 Å². The normalized spacial score (nSPS) is 13.2. The van der Waals surface area contributed by atoms with Gasteiger partial charge in [-0.15, -0.1) is 0 Å². The van der Waals surface area contributed by atoms with E-state index in [2.05, 4.69) is 10.0 Å². The Kier molecular flexibility index (Phi) is 5.18. The highest BCUT2D eigenvalue weighted by atomic mass is 32.2. The van der Waals surface area contributed by atoms with Crippen LogP contribution in [0.1, 0.15) is 25.8 Å². The van der Waals surface area contributed by atoms with Crippen molar-refractivity contribution in [1.82, 2.24) is 0 Å². The number of nitrogens with zero attached hydrogens (tertiary/aromatic N) is 1. The van der Waals surface area contributed by atoms with Crippen LogP contribution in [0.15, 0.2) is 47.4 Å². The average Bonchev–Trinajstić information content (AvgIpc) is 3.05. The number of fused-ring (bicyclic) bond motifs is 1. The van der Waals surface area contributed by atoms with Gasteiger partial charge in [-0.2, -0.15) is 0 Å². The van der Waals surface area contributed by atoms with E-state index in [4.69, 9.17) is 0 Å². The Bertz CT molecular complexity index is 985. The molecule has 1 aliphatic rings. The molecule has 0 spiro atoms. The SMILES string of the molecule is CCC(=O)Nc1ccc(S(=O)(=O)Nc2ccc3c(c2)N(C(C)=O)CC3)cc1. The Morgan fingerprint density at radius 1 is 1.07 bits per heavy atom. The Morgan fingerprint density at radius 3 is 2.37 bits per heavy atom. The quantitative estimate of drug-likeness (QED) is 0.825. The number of amides is 2. The van der Waals surface area contributed by atoms with Crippen molar-refractivity contribution in [2.75, 3.05) is 21.5 Å². The molecule has 0 atom stereocenters. The zero-order valence-corrected chi connectivity index (χ0v) is 16.0. The molecule has 0 saturated heterocycles. The molecule has 3 rings (SSSR count). The highest BCUT2D eigenvalue weighted by Crippen LogP contribution is 2.31. The highest BCUT2D eigenvalue weighted by molar-refractivity contribution is 7.92. The van der Waals surface area contributed by atoms with Crippen molar-refractivity contribution in [3.63, 3.8) is 0 Å². The second-order valence-electron chi connectivity index (χ2n) is 6.30. The van der Waals surface area contributed by atoms with E-state index in [0.717, 1.165) is 17.7 Å². The molecule has 0 unspecified atom stereocenters. The van der Waals surface area contributed by atoms with Crippen molar-refractivity contribution >= 4 is 38.9 Å². The number of sulfonamides is 1. The van der Waals surface area contributed by atoms with Crippen LogP contribution in [-0.4, -0.2) is 26.8 Å². The van der Waals surface area contributed by atoms with Gasteiger partial charge >= 0.3 is 0 Å². The molecule has 0 radical (unpaired) electrons. The summed E-state index contributed by atoms with van der Waals surface area (Å²) in [5.74, 6) is -0.213. The van der Waals surface area contributed by atoms with Gasteiger partial charge in [0.05, 0.1) is 10.6 Å². The summed E-state index contributed by atoms with van der Waals surface area (Å²) in [6, 6.07) is 11.2. The number of nitrogens with one attached hydrogen (secondary N) is 2. The molecule has 7 nitrogen and oxygen atoms in total. The topological polar surface area (TPSA) is 95.6 Å². The number of carbonyl (C=O) groups is 2. The fourth-order valence-corrected chi connectivity index (χ4v) is 4.00. The smallest absolute Gasteiger partial charge is 0.261 e. The summed E-state index contributed by atoms with van der Waals surface area (Å²) < 4.78 is 27.8. The maximum Gasteiger partial charge on any atom is 0.261 e. The average molecular weight is 387 g/mol. The highest BCUT2D eigenvalue weighted by Gasteiger charge is 2.23. The second kappa shape index (κ2) is 7.40. The van der Waals surface area contributed by atoms with E-state index in [1.165, 1.54) is 19.1 Å². The molecule has 8 heteroatoms. The molecule has 1 aliphatic heterocycles. The van der Waals surface area contributed by atoms with Gasteiger partial charge < -0.3 is 10.2 Å². The van der Waals surface area contributed by atoms with Gasteiger partial charge in [0, 0.05) is 31.3 Å². The van der Waals surface area contributed by atoms with Gasteiger partial charge in [0.25, 0.3) is 10.0 Å². The van der Waals surface area contributed by atoms with Gasteiger partial charge in [-0.05, 0) is 48.4 Å². The van der Waals surface area contributed by atoms with Crippen LogP contribution in [0.25, 0.3) is 0 Å². The third-order valence-corrected chi connectivity index (χ3v) is 5.78. The molecule has 27 heavy (non-hydrogen) atoms. The fraction of sp³-hybridized carbons (Fsp3) is 0.263. The van der Waals surface area contributed by atoms with Gasteiger partial charge in [-0.25, -0.2) is 8.42 Å². The van der Waals surface area contributed by atoms with Crippen molar-refractivity contribution in [1.29, 1.82) is 0 Å². The lowest BCUT2D eigenvalue weighted by Gasteiger charge is -2.16. The van der Waals surface area contributed by atoms with Gasteiger partial charge in [-0.3, -0.25) is 14.3 Å². The molecule has 1 heterocycles. The van der Waals surface area contributed by atoms with Crippen molar-refractivity contribution in [2.45, 2.75) is 31.6 Å². The zero-order chi connectivity index (χ0) is 19.6. The lowest BCUT2D eigenvalue weighted by atomic mass is 10.1. The van der Waals surface area contributed by atoms with E-state index in [0.29, 0.717) is 24.3 Å². The van der Waals surface area contributed by atoms with Crippen LogP contribution in [0, 0.1) is 0 Å². The van der Waals surface area contributed by atoms with Crippen LogP contribution in [0.2, 0.25) is 0 Å². The Labute approximate surface area is 158 Å². The summed E-state index contributed by atoms with van der Waals surface area (Å²) in [4.78, 5) is 24.8. The Balaban J connectivity index is 1.80. The fourth-order valence-electron chi connectivity index (χ4n) is 2.95. The van der Waals surface area contributed by atoms with Crippen molar-refractivity contribution in [3.05, 3.63) is 48.0 Å². The molecule has 2 amide bonds. The molecule has 0 bridgehead atoms. The molecule has 0 aromatic heterocycles. The molecule has 2 aromatic rings. The number of hydrogen-bond donors (Lipinski definition) is 2. The van der Waals surface area contributed by atoms with Gasteiger partial charge in [0.1, 0.15) is 0 Å². The van der Waals surface area contributed by atoms with Gasteiger partial charge in [-0.1, -0.05) is 13.0 Å². The molecular weight excluding hydrogens is 366 g/mol. The Morgan fingerprint density at radius 2 is 1.74 bits per heavy atom. The first-order valence-electron chi connectivity index (χ1n) is 8.64. The summed E-state index contributed by atoms with van der Waals surface area (Å²) in [5, 5.41) is 2.67. The maximum atomic E-state index is 12.6. The maximum absolute atomic E-state index is 12.6. The number of carbonyl (C=O) groups excluding carboxylic acids is 2. The lowest BCUT2D eigenvalue weighted by Crippen LogP contribution is -2.25. The number of benzene rings is 2. The van der Waals surface area contributed by atoms with Crippen LogP contribution >= 0.6 is 0 Å². The van der Waals surface area contributed by atoms with Crippen molar-refractivity contribution in [3.8, 4) is 0 Å². The first kappa shape index (κ1) is 18.9. The minimum Gasteiger partial charge on any atom is -0.326 e. The molecule has 2 N–H and O–H groups in total. The standard InChI is InChI=1S/C19H21N3O4S/c1-3-19(24)20-15-6-8-17(9-7-15)27(25,26)21-16-5-4-14-10-11-22(13(2)23)18(14)12-16/h4-9,12,21H,3,10-11H2,1-2H3,(H,20,24). The first-order valence-corrected chi connectivity index (χ1v) is 10.1. The predicted octanol–water partition coefficient (Wildman–Crippen LogP) is 2.74. The predicted molar refractivity (Wildman–Crippen MR) is 104 cm³/mol. The monoisotopic (exact) mass is 387 g/mol. The van der Waals surface area contributed by atoms with Crippen LogP contribution in [0.4, 0.5) is 17.1 Å². The summed E-state index contributed by atoms with van der Waals surface area (Å²) in [7, 11) is -3.79. The van der Waals surface area contributed by atoms with Crippen LogP contribution in [0.5, 0.6) is 0 Å². The largest absolute Gasteiger partial charge is 0.326 e. The number of anilines is 3. The van der Waals surface area contributed by atoms with Crippen LogP contribution in [-0.2, 0) is 26.0 Å². The summed E-state index contributed by atoms with van der Waals surface area (Å²) in [6.07, 6.45) is 1.10. The molecule has 142 valence electrons. The molecule has 0 aliphatic carbocycles. The summed E-state index contributed by atoms with van der Waals surface area (Å²) >= 11 is 0. The zero-order valence-electron chi connectivity index (χ0n) is 15.2. The number of rotatable bonds is 5. The summed E-state index contributed by atoms with van der Waals surface area (Å²) in [6.45, 7) is 3.83. The van der Waals surface area contributed by atoms with E-state index in [-0.39, 0.29) is 16.7 Å². The van der Waals surface area contributed by atoms with Crippen molar-refractivity contribution < 1.29 is 18.0 Å². The second-order valence-corrected chi connectivity index (χ2v) is 7.98. The third kappa shape index (κ3) is 4.11. The van der Waals surface area contributed by atoms with Gasteiger partial charge in [0.15, 0.2) is 0 Å². The molecule has 2 aromatic carbocycles. The van der Waals surface area contributed by atoms with Gasteiger partial charge in [0.2, 0.25) is 11.8 Å². The minimum absolute atomic E-state index is 0.0709. The van der Waals surface area contributed by atoms with E-state index in [1.807, 2.05) is 6.07 Å². The summed E-state index contributed by atoms with van der Waals surface area (Å²) in [5.41, 5.74) is 2.69. The first-order chi connectivity index (χ1) is 12.8. The van der Waals surface area contributed by atoms with E-state index in [1.54, 1.807) is 36.1 Å². The lowest BCUT2D eigenvalue weighted by molar-refractivity contribution is -0.117. The third-order valence-electron chi connectivity index (χ3n) is 4.38. The van der Waals surface area contributed by atoms with Crippen LogP contribution in [0.3, 0.4) is 0 Å². The Hall–Kier alpha value is -2.87. The minimum atomic E-state index is -3.79. The molecule has 0 saturated carbocycles.